The number of aryl methyl sites for hydroxylation is 2. The van der Waals surface area contributed by atoms with Gasteiger partial charge >= 0.3 is 0 Å². The zero-order valence-electron chi connectivity index (χ0n) is 18.9. The van der Waals surface area contributed by atoms with Crippen LogP contribution >= 0.6 is 0 Å². The van der Waals surface area contributed by atoms with Gasteiger partial charge < -0.3 is 24.4 Å². The van der Waals surface area contributed by atoms with Crippen molar-refractivity contribution < 1.29 is 14.1 Å². The first-order valence-electron chi connectivity index (χ1n) is 11.1. The lowest BCUT2D eigenvalue weighted by Gasteiger charge is -2.36. The van der Waals surface area contributed by atoms with E-state index in [-0.39, 0.29) is 5.91 Å². The number of nitrogens with one attached hydrogen (secondary N) is 1. The summed E-state index contributed by atoms with van der Waals surface area (Å²) in [6.07, 6.45) is 0. The quantitative estimate of drug-likeness (QED) is 0.599. The number of carbonyl (C=O) groups excluding carboxylic acids is 1. The molecule has 0 spiro atoms. The smallest absolute Gasteiger partial charge is 0.255 e. The number of piperazine rings is 1. The monoisotopic (exact) mass is 434 g/mol. The molecular formula is C25H30N4O3. The van der Waals surface area contributed by atoms with E-state index in [2.05, 4.69) is 33.3 Å². The van der Waals surface area contributed by atoms with Crippen LogP contribution in [-0.2, 0) is 6.61 Å². The molecule has 1 saturated heterocycles. The van der Waals surface area contributed by atoms with Gasteiger partial charge in [0.2, 0.25) is 0 Å². The van der Waals surface area contributed by atoms with E-state index in [0.717, 1.165) is 61.1 Å². The highest BCUT2D eigenvalue weighted by Crippen LogP contribution is 2.27. The van der Waals surface area contributed by atoms with Crippen molar-refractivity contribution >= 4 is 17.3 Å². The number of hydrogen-bond donors (Lipinski definition) is 1. The number of rotatable bonds is 7. The van der Waals surface area contributed by atoms with E-state index in [9.17, 15) is 4.79 Å². The number of likely N-dealkylation sites (N-methyl/N-ethyl adjacent to an activating group) is 1. The summed E-state index contributed by atoms with van der Waals surface area (Å²) in [5, 5.41) is 7.02. The van der Waals surface area contributed by atoms with Crippen molar-refractivity contribution in [1.82, 2.24) is 10.1 Å². The summed E-state index contributed by atoms with van der Waals surface area (Å²) >= 11 is 0. The van der Waals surface area contributed by atoms with Crippen molar-refractivity contribution in [3.63, 3.8) is 0 Å². The topological polar surface area (TPSA) is 70.8 Å². The number of nitrogens with zero attached hydrogens (tertiary/aromatic N) is 3. The summed E-state index contributed by atoms with van der Waals surface area (Å²) in [6.45, 7) is 11.4. The minimum absolute atomic E-state index is 0.137. The molecule has 168 valence electrons. The second-order valence-corrected chi connectivity index (χ2v) is 8.01. The summed E-state index contributed by atoms with van der Waals surface area (Å²) in [7, 11) is 0. The first kappa shape index (κ1) is 21.9. The van der Waals surface area contributed by atoms with E-state index >= 15 is 0 Å². The first-order chi connectivity index (χ1) is 15.5. The minimum Gasteiger partial charge on any atom is -0.489 e. The van der Waals surface area contributed by atoms with Crippen molar-refractivity contribution in [1.29, 1.82) is 0 Å². The average molecular weight is 435 g/mol. The molecule has 0 bridgehead atoms. The number of anilines is 2. The Balaban J connectivity index is 1.39. The Hall–Kier alpha value is -3.32. The van der Waals surface area contributed by atoms with Crippen LogP contribution in [0, 0.1) is 13.8 Å². The highest BCUT2D eigenvalue weighted by molar-refractivity contribution is 6.06. The molecule has 1 N–H and O–H groups in total. The van der Waals surface area contributed by atoms with Crippen molar-refractivity contribution in [3.05, 3.63) is 71.1 Å². The molecule has 0 saturated carbocycles. The fourth-order valence-corrected chi connectivity index (χ4v) is 3.92. The van der Waals surface area contributed by atoms with Crippen LogP contribution in [0.1, 0.15) is 34.3 Å². The van der Waals surface area contributed by atoms with Gasteiger partial charge in [0.05, 0.1) is 22.6 Å². The van der Waals surface area contributed by atoms with Crippen molar-refractivity contribution in [2.24, 2.45) is 0 Å². The summed E-state index contributed by atoms with van der Waals surface area (Å²) in [5.74, 6) is 1.31. The third-order valence-electron chi connectivity index (χ3n) is 5.99. The van der Waals surface area contributed by atoms with Gasteiger partial charge in [-0.05, 0) is 56.8 Å². The maximum Gasteiger partial charge on any atom is 0.255 e. The van der Waals surface area contributed by atoms with Crippen LogP contribution in [0.5, 0.6) is 5.75 Å². The number of ether oxygens (including phenoxy) is 1. The van der Waals surface area contributed by atoms with Crippen LogP contribution in [-0.4, -0.2) is 48.7 Å². The lowest BCUT2D eigenvalue weighted by Crippen LogP contribution is -2.46. The molecule has 0 radical (unpaired) electrons. The van der Waals surface area contributed by atoms with Crippen LogP contribution in [0.3, 0.4) is 0 Å². The molecule has 0 aliphatic carbocycles. The molecule has 1 aromatic heterocycles. The highest BCUT2D eigenvalue weighted by atomic mass is 16.5. The van der Waals surface area contributed by atoms with Gasteiger partial charge in [0.15, 0.2) is 0 Å². The largest absolute Gasteiger partial charge is 0.489 e. The van der Waals surface area contributed by atoms with Crippen molar-refractivity contribution in [2.45, 2.75) is 27.4 Å². The van der Waals surface area contributed by atoms with Crippen LogP contribution in [0.2, 0.25) is 0 Å². The molecule has 1 fully saturated rings. The summed E-state index contributed by atoms with van der Waals surface area (Å²) < 4.78 is 11.0. The Morgan fingerprint density at radius 1 is 1.06 bits per heavy atom. The standard InChI is InChI=1S/C25H30N4O3/c1-4-28-13-15-29(16-14-28)24-8-6-5-7-23(24)26-25(30)20-9-11-21(12-10-20)31-17-22-18(2)27-32-19(22)3/h5-12H,4,13-17H2,1-3H3,(H,26,30). The van der Waals surface area contributed by atoms with Crippen LogP contribution in [0.4, 0.5) is 11.4 Å². The number of aromatic nitrogens is 1. The molecule has 2 heterocycles. The van der Waals surface area contributed by atoms with Gasteiger partial charge in [-0.25, -0.2) is 0 Å². The first-order valence-corrected chi connectivity index (χ1v) is 11.1. The zero-order valence-corrected chi connectivity index (χ0v) is 18.9. The van der Waals surface area contributed by atoms with E-state index in [1.54, 1.807) is 12.1 Å². The maximum absolute atomic E-state index is 12.9. The number of amides is 1. The second kappa shape index (κ2) is 9.87. The number of carbonyl (C=O) groups is 1. The fraction of sp³-hybridized carbons (Fsp3) is 0.360. The Morgan fingerprint density at radius 2 is 1.78 bits per heavy atom. The molecule has 2 aromatic carbocycles. The Labute approximate surface area is 188 Å². The Bertz CT molecular complexity index is 1030. The molecule has 1 amide bonds. The van der Waals surface area contributed by atoms with Gasteiger partial charge in [0, 0.05) is 31.7 Å². The van der Waals surface area contributed by atoms with E-state index in [1.807, 2.05) is 44.2 Å². The number of para-hydroxylation sites is 2. The van der Waals surface area contributed by atoms with E-state index in [4.69, 9.17) is 9.26 Å². The van der Waals surface area contributed by atoms with E-state index in [1.165, 1.54) is 0 Å². The second-order valence-electron chi connectivity index (χ2n) is 8.01. The van der Waals surface area contributed by atoms with Gasteiger partial charge in [-0.3, -0.25) is 4.79 Å². The summed E-state index contributed by atoms with van der Waals surface area (Å²) in [4.78, 5) is 17.7. The normalized spacial score (nSPS) is 14.4. The predicted octanol–water partition coefficient (Wildman–Crippen LogP) is 4.26. The van der Waals surface area contributed by atoms with Gasteiger partial charge in [-0.1, -0.05) is 24.2 Å². The lowest BCUT2D eigenvalue weighted by atomic mass is 10.1. The fourth-order valence-electron chi connectivity index (χ4n) is 3.92. The number of benzene rings is 2. The lowest BCUT2D eigenvalue weighted by molar-refractivity contribution is 0.102. The molecule has 7 nitrogen and oxygen atoms in total. The maximum atomic E-state index is 12.9. The molecule has 0 unspecified atom stereocenters. The van der Waals surface area contributed by atoms with Crippen LogP contribution in [0.15, 0.2) is 53.1 Å². The van der Waals surface area contributed by atoms with Gasteiger partial charge in [-0.2, -0.15) is 0 Å². The van der Waals surface area contributed by atoms with Crippen molar-refractivity contribution in [2.75, 3.05) is 42.9 Å². The molecule has 7 heteroatoms. The third kappa shape index (κ3) is 4.94. The highest BCUT2D eigenvalue weighted by Gasteiger charge is 2.19. The molecule has 0 atom stereocenters. The molecule has 3 aromatic rings. The zero-order chi connectivity index (χ0) is 22.5. The van der Waals surface area contributed by atoms with E-state index in [0.29, 0.717) is 17.9 Å². The summed E-state index contributed by atoms with van der Waals surface area (Å²) in [5.41, 5.74) is 4.26. The molecule has 32 heavy (non-hydrogen) atoms. The van der Waals surface area contributed by atoms with Gasteiger partial charge in [0.1, 0.15) is 18.1 Å². The average Bonchev–Trinajstić information content (AvgIpc) is 3.15. The predicted molar refractivity (Wildman–Crippen MR) is 125 cm³/mol. The Morgan fingerprint density at radius 3 is 2.44 bits per heavy atom. The Kier molecular flexibility index (Phi) is 6.75. The molecule has 1 aliphatic heterocycles. The summed E-state index contributed by atoms with van der Waals surface area (Å²) in [6, 6.07) is 15.2. The minimum atomic E-state index is -0.137. The van der Waals surface area contributed by atoms with Gasteiger partial charge in [-0.15, -0.1) is 0 Å². The third-order valence-corrected chi connectivity index (χ3v) is 5.99. The van der Waals surface area contributed by atoms with Crippen LogP contribution in [0.25, 0.3) is 0 Å². The molecular weight excluding hydrogens is 404 g/mol. The van der Waals surface area contributed by atoms with E-state index < -0.39 is 0 Å². The van der Waals surface area contributed by atoms with Crippen LogP contribution < -0.4 is 15.0 Å². The molecule has 1 aliphatic rings. The van der Waals surface area contributed by atoms with Gasteiger partial charge in [0.25, 0.3) is 5.91 Å². The molecule has 4 rings (SSSR count). The number of hydrogen-bond acceptors (Lipinski definition) is 6. The SMILES string of the molecule is CCN1CCN(c2ccccc2NC(=O)c2ccc(OCc3c(C)noc3C)cc2)CC1. The van der Waals surface area contributed by atoms with Crippen molar-refractivity contribution in [3.8, 4) is 5.75 Å².